The lowest BCUT2D eigenvalue weighted by Gasteiger charge is -2.25. The average Bonchev–Trinajstić information content (AvgIpc) is 2.18. The van der Waals surface area contributed by atoms with Gasteiger partial charge < -0.3 is 5.11 Å². The summed E-state index contributed by atoms with van der Waals surface area (Å²) in [5, 5.41) is 9.46. The van der Waals surface area contributed by atoms with E-state index >= 15 is 0 Å². The molecule has 3 nitrogen and oxygen atoms in total. The summed E-state index contributed by atoms with van der Waals surface area (Å²) in [6.45, 7) is 0. The Morgan fingerprint density at radius 3 is 2.79 bits per heavy atom. The molecule has 14 heavy (non-hydrogen) atoms. The fourth-order valence-corrected chi connectivity index (χ4v) is 2.02. The lowest BCUT2D eigenvalue weighted by molar-refractivity contribution is 0.117. The molecule has 1 fully saturated rings. The molecule has 2 rings (SSSR count). The van der Waals surface area contributed by atoms with Crippen LogP contribution in [0.2, 0.25) is 0 Å². The quantitative estimate of drug-likeness (QED) is 0.742. The highest BCUT2D eigenvalue weighted by Crippen LogP contribution is 2.32. The topological polar surface area (TPSA) is 46.0 Å². The van der Waals surface area contributed by atoms with Gasteiger partial charge in [0, 0.05) is 18.3 Å². The van der Waals surface area contributed by atoms with Crippen molar-refractivity contribution in [1.29, 1.82) is 0 Å². The molecule has 0 bridgehead atoms. The number of aromatic nitrogens is 2. The molecule has 1 saturated carbocycles. The summed E-state index contributed by atoms with van der Waals surface area (Å²) in [5.41, 5.74) is 0.409. The van der Waals surface area contributed by atoms with Crippen molar-refractivity contribution in [3.63, 3.8) is 0 Å². The molecule has 0 radical (unpaired) electrons. The van der Waals surface area contributed by atoms with E-state index in [0.29, 0.717) is 12.1 Å². The van der Waals surface area contributed by atoms with E-state index < -0.39 is 5.95 Å². The Morgan fingerprint density at radius 1 is 1.29 bits per heavy atom. The number of nitrogens with zero attached hydrogens (tertiary/aromatic N) is 2. The second-order valence-corrected chi connectivity index (χ2v) is 3.75. The van der Waals surface area contributed by atoms with E-state index in [9.17, 15) is 9.50 Å². The average molecular weight is 196 g/mol. The maximum atomic E-state index is 13.2. The summed E-state index contributed by atoms with van der Waals surface area (Å²) in [6.07, 6.45) is 5.79. The minimum absolute atomic E-state index is 0.0347. The van der Waals surface area contributed by atoms with Crippen LogP contribution in [0.15, 0.2) is 12.4 Å². The molecule has 0 saturated heterocycles. The second kappa shape index (κ2) is 4.00. The van der Waals surface area contributed by atoms with Crippen molar-refractivity contribution in [2.24, 2.45) is 0 Å². The highest BCUT2D eigenvalue weighted by molar-refractivity contribution is 5.07. The van der Waals surface area contributed by atoms with Crippen LogP contribution < -0.4 is 0 Å². The van der Waals surface area contributed by atoms with Gasteiger partial charge in [-0.1, -0.05) is 6.42 Å². The van der Waals surface area contributed by atoms with Gasteiger partial charge in [-0.05, 0) is 19.3 Å². The zero-order valence-corrected chi connectivity index (χ0v) is 7.86. The molecule has 0 aliphatic heterocycles. The first-order valence-electron chi connectivity index (χ1n) is 4.92. The second-order valence-electron chi connectivity index (χ2n) is 3.75. The highest BCUT2D eigenvalue weighted by atomic mass is 19.1. The van der Waals surface area contributed by atoms with Gasteiger partial charge in [-0.15, -0.1) is 0 Å². The minimum Gasteiger partial charge on any atom is -0.393 e. The first-order chi connectivity index (χ1) is 6.77. The van der Waals surface area contributed by atoms with E-state index in [1.807, 2.05) is 0 Å². The summed E-state index contributed by atoms with van der Waals surface area (Å²) in [7, 11) is 0. The van der Waals surface area contributed by atoms with Crippen LogP contribution in [-0.2, 0) is 0 Å². The van der Waals surface area contributed by atoms with Crippen LogP contribution in [0, 0.1) is 5.95 Å². The van der Waals surface area contributed by atoms with E-state index in [-0.39, 0.29) is 12.0 Å². The molecule has 1 N–H and O–H groups in total. The van der Waals surface area contributed by atoms with Crippen LogP contribution in [0.4, 0.5) is 4.39 Å². The van der Waals surface area contributed by atoms with Crippen LogP contribution in [0.5, 0.6) is 0 Å². The third kappa shape index (κ3) is 1.90. The van der Waals surface area contributed by atoms with Gasteiger partial charge in [0.2, 0.25) is 5.95 Å². The zero-order chi connectivity index (χ0) is 9.97. The molecule has 1 heterocycles. The van der Waals surface area contributed by atoms with Gasteiger partial charge in [0.15, 0.2) is 0 Å². The zero-order valence-electron chi connectivity index (χ0n) is 7.86. The number of aliphatic hydroxyl groups is 1. The van der Waals surface area contributed by atoms with Gasteiger partial charge >= 0.3 is 0 Å². The summed E-state index contributed by atoms with van der Waals surface area (Å²) in [4.78, 5) is 7.56. The van der Waals surface area contributed by atoms with Crippen LogP contribution in [0.25, 0.3) is 0 Å². The monoisotopic (exact) mass is 196 g/mol. The Bertz CT molecular complexity index is 319. The molecule has 0 aromatic carbocycles. The molecular formula is C10H13FN2O. The maximum Gasteiger partial charge on any atom is 0.234 e. The van der Waals surface area contributed by atoms with E-state index in [1.165, 1.54) is 12.4 Å². The largest absolute Gasteiger partial charge is 0.393 e. The van der Waals surface area contributed by atoms with Crippen molar-refractivity contribution in [2.75, 3.05) is 0 Å². The fraction of sp³-hybridized carbons (Fsp3) is 0.600. The van der Waals surface area contributed by atoms with E-state index in [4.69, 9.17) is 0 Å². The molecule has 4 heteroatoms. The molecule has 76 valence electrons. The van der Waals surface area contributed by atoms with Crippen LogP contribution in [0.1, 0.15) is 37.3 Å². The number of halogens is 1. The van der Waals surface area contributed by atoms with Gasteiger partial charge in [-0.3, -0.25) is 4.98 Å². The lowest BCUT2D eigenvalue weighted by atomic mass is 9.85. The van der Waals surface area contributed by atoms with Crippen molar-refractivity contribution in [3.8, 4) is 0 Å². The third-order valence-corrected chi connectivity index (χ3v) is 2.71. The van der Waals surface area contributed by atoms with Crippen LogP contribution in [-0.4, -0.2) is 21.2 Å². The SMILES string of the molecule is O[C@H]1CCC[C@@H](c2nccnc2F)C1. The van der Waals surface area contributed by atoms with Crippen molar-refractivity contribution >= 4 is 0 Å². The first kappa shape index (κ1) is 9.52. The van der Waals surface area contributed by atoms with Gasteiger partial charge in [-0.25, -0.2) is 4.98 Å². The fourth-order valence-electron chi connectivity index (χ4n) is 2.02. The maximum absolute atomic E-state index is 13.2. The number of aliphatic hydroxyl groups excluding tert-OH is 1. The van der Waals surface area contributed by atoms with Crippen molar-refractivity contribution in [1.82, 2.24) is 9.97 Å². The Kier molecular flexibility index (Phi) is 2.72. The number of hydrogen-bond donors (Lipinski definition) is 1. The van der Waals surface area contributed by atoms with Crippen LogP contribution in [0.3, 0.4) is 0 Å². The smallest absolute Gasteiger partial charge is 0.234 e. The molecule has 1 aliphatic carbocycles. The van der Waals surface area contributed by atoms with E-state index in [0.717, 1.165) is 19.3 Å². The summed E-state index contributed by atoms with van der Waals surface area (Å²) >= 11 is 0. The van der Waals surface area contributed by atoms with Crippen molar-refractivity contribution in [2.45, 2.75) is 37.7 Å². The third-order valence-electron chi connectivity index (χ3n) is 2.71. The van der Waals surface area contributed by atoms with Crippen molar-refractivity contribution in [3.05, 3.63) is 24.0 Å². The highest BCUT2D eigenvalue weighted by Gasteiger charge is 2.25. The van der Waals surface area contributed by atoms with Gasteiger partial charge in [-0.2, -0.15) is 4.39 Å². The number of hydrogen-bond acceptors (Lipinski definition) is 3. The van der Waals surface area contributed by atoms with Crippen molar-refractivity contribution < 1.29 is 9.50 Å². The predicted molar refractivity (Wildman–Crippen MR) is 49.2 cm³/mol. The minimum atomic E-state index is -0.494. The summed E-state index contributed by atoms with van der Waals surface area (Å²) < 4.78 is 13.2. The van der Waals surface area contributed by atoms with Gasteiger partial charge in [0.05, 0.1) is 11.8 Å². The van der Waals surface area contributed by atoms with E-state index in [1.54, 1.807) is 0 Å². The molecule has 0 unspecified atom stereocenters. The summed E-state index contributed by atoms with van der Waals surface area (Å²) in [5.74, 6) is -0.459. The molecule has 1 aliphatic rings. The molecule has 0 spiro atoms. The van der Waals surface area contributed by atoms with Gasteiger partial charge in [0.25, 0.3) is 0 Å². The predicted octanol–water partition coefficient (Wildman–Crippen LogP) is 1.63. The van der Waals surface area contributed by atoms with Gasteiger partial charge in [0.1, 0.15) is 0 Å². The Labute approximate surface area is 82.0 Å². The molecule has 1 aromatic rings. The Hall–Kier alpha value is -1.03. The molecule has 1 aromatic heterocycles. The standard InChI is InChI=1S/C10H13FN2O/c11-10-9(12-4-5-13-10)7-2-1-3-8(14)6-7/h4-5,7-8,14H,1-3,6H2/t7-,8+/m1/s1. The summed E-state index contributed by atoms with van der Waals surface area (Å²) in [6, 6.07) is 0. The van der Waals surface area contributed by atoms with E-state index in [2.05, 4.69) is 9.97 Å². The molecule has 2 atom stereocenters. The molecule has 0 amide bonds. The number of rotatable bonds is 1. The molecular weight excluding hydrogens is 183 g/mol. The normalized spacial score (nSPS) is 27.6. The lowest BCUT2D eigenvalue weighted by Crippen LogP contribution is -2.20. The Morgan fingerprint density at radius 2 is 2.07 bits per heavy atom. The first-order valence-corrected chi connectivity index (χ1v) is 4.92. The van der Waals surface area contributed by atoms with Crippen LogP contribution >= 0.6 is 0 Å². The Balaban J connectivity index is 2.18.